The molecular weight excluding hydrogens is 127 g/mol. The summed E-state index contributed by atoms with van der Waals surface area (Å²) in [4.78, 5) is 2.97. The zero-order chi connectivity index (χ0) is 6.91. The quantitative estimate of drug-likeness (QED) is 0.373. The first kappa shape index (κ1) is 6.18. The lowest BCUT2D eigenvalue weighted by Crippen LogP contribution is -2.31. The van der Waals surface area contributed by atoms with E-state index in [0.29, 0.717) is 0 Å². The summed E-state index contributed by atoms with van der Waals surface area (Å²) in [7, 11) is 0. The highest BCUT2D eigenvalue weighted by molar-refractivity contribution is 5.58. The molecule has 1 aliphatic heterocycles. The van der Waals surface area contributed by atoms with Crippen molar-refractivity contribution in [3.63, 3.8) is 0 Å². The molecule has 0 aromatic carbocycles. The van der Waals surface area contributed by atoms with Gasteiger partial charge in [-0.2, -0.15) is 0 Å². The largest absolute Gasteiger partial charge is 0.350 e. The summed E-state index contributed by atoms with van der Waals surface area (Å²) in [5, 5.41) is 19.3. The minimum atomic E-state index is -2.66. The SMILES string of the molecule is OC1(O)N=CNC=C1F. The first-order valence-electron chi connectivity index (χ1n) is 2.23. The zero-order valence-electron chi connectivity index (χ0n) is 4.37. The van der Waals surface area contributed by atoms with Crippen molar-refractivity contribution in [3.8, 4) is 0 Å². The van der Waals surface area contributed by atoms with Crippen molar-refractivity contribution in [2.45, 2.75) is 5.91 Å². The molecule has 3 N–H and O–H groups in total. The molecule has 0 atom stereocenters. The van der Waals surface area contributed by atoms with Crippen molar-refractivity contribution in [3.05, 3.63) is 12.0 Å². The number of hydrogen-bond acceptors (Lipinski definition) is 4. The number of halogens is 1. The highest BCUT2D eigenvalue weighted by Gasteiger charge is 2.29. The van der Waals surface area contributed by atoms with Crippen LogP contribution in [0, 0.1) is 0 Å². The maximum absolute atomic E-state index is 12.1. The van der Waals surface area contributed by atoms with E-state index in [1.807, 2.05) is 0 Å². The summed E-state index contributed by atoms with van der Waals surface area (Å²) in [6.07, 6.45) is 1.80. The van der Waals surface area contributed by atoms with Crippen LogP contribution in [0.15, 0.2) is 17.0 Å². The Morgan fingerprint density at radius 3 is 2.67 bits per heavy atom. The van der Waals surface area contributed by atoms with Crippen molar-refractivity contribution in [2.24, 2.45) is 4.99 Å². The Balaban J connectivity index is 2.83. The molecular formula is C4H5FN2O2. The highest BCUT2D eigenvalue weighted by atomic mass is 19.1. The molecule has 0 amide bonds. The van der Waals surface area contributed by atoms with Gasteiger partial charge in [0.2, 0.25) is 0 Å². The fourth-order valence-electron chi connectivity index (χ4n) is 0.396. The molecule has 4 nitrogen and oxygen atoms in total. The number of hydrogen-bond donors (Lipinski definition) is 3. The van der Waals surface area contributed by atoms with Crippen molar-refractivity contribution in [2.75, 3.05) is 0 Å². The van der Waals surface area contributed by atoms with Crippen LogP contribution in [0.4, 0.5) is 4.39 Å². The van der Waals surface area contributed by atoms with Crippen LogP contribution in [0.5, 0.6) is 0 Å². The monoisotopic (exact) mass is 132 g/mol. The number of nitrogens with zero attached hydrogens (tertiary/aromatic N) is 1. The van der Waals surface area contributed by atoms with Crippen molar-refractivity contribution in [1.29, 1.82) is 0 Å². The molecule has 9 heavy (non-hydrogen) atoms. The summed E-state index contributed by atoms with van der Waals surface area (Å²) in [6, 6.07) is 0. The first-order valence-corrected chi connectivity index (χ1v) is 2.23. The van der Waals surface area contributed by atoms with Gasteiger partial charge in [-0.3, -0.25) is 0 Å². The lowest BCUT2D eigenvalue weighted by atomic mass is 10.4. The third-order valence-electron chi connectivity index (χ3n) is 0.850. The zero-order valence-corrected chi connectivity index (χ0v) is 4.37. The molecule has 1 heterocycles. The van der Waals surface area contributed by atoms with Crippen LogP contribution in [0.2, 0.25) is 0 Å². The smallest absolute Gasteiger partial charge is 0.323 e. The third-order valence-corrected chi connectivity index (χ3v) is 0.850. The van der Waals surface area contributed by atoms with Gasteiger partial charge < -0.3 is 15.5 Å². The van der Waals surface area contributed by atoms with Crippen LogP contribution < -0.4 is 5.32 Å². The van der Waals surface area contributed by atoms with E-state index in [4.69, 9.17) is 10.2 Å². The molecule has 0 fully saturated rings. The molecule has 0 aromatic rings. The van der Waals surface area contributed by atoms with E-state index in [0.717, 1.165) is 12.5 Å². The summed E-state index contributed by atoms with van der Waals surface area (Å²) >= 11 is 0. The molecule has 5 heteroatoms. The maximum atomic E-state index is 12.1. The average Bonchev–Trinajstić information content (AvgIpc) is 1.77. The molecule has 1 aliphatic rings. The van der Waals surface area contributed by atoms with E-state index < -0.39 is 11.7 Å². The molecule has 0 radical (unpaired) electrons. The van der Waals surface area contributed by atoms with Crippen LogP contribution in [-0.2, 0) is 0 Å². The van der Waals surface area contributed by atoms with Gasteiger partial charge >= 0.3 is 5.91 Å². The molecule has 0 bridgehead atoms. The van der Waals surface area contributed by atoms with E-state index in [1.54, 1.807) is 0 Å². The lowest BCUT2D eigenvalue weighted by molar-refractivity contribution is -0.135. The number of nitrogens with one attached hydrogen (secondary N) is 1. The summed E-state index contributed by atoms with van der Waals surface area (Å²) in [6.45, 7) is 0. The second-order valence-electron chi connectivity index (χ2n) is 1.55. The van der Waals surface area contributed by atoms with Crippen LogP contribution in [0.3, 0.4) is 0 Å². The number of aliphatic hydroxyl groups is 2. The summed E-state index contributed by atoms with van der Waals surface area (Å²) in [5.74, 6) is -3.78. The lowest BCUT2D eigenvalue weighted by Gasteiger charge is -2.16. The van der Waals surface area contributed by atoms with Crippen molar-refractivity contribution >= 4 is 6.34 Å². The summed E-state index contributed by atoms with van der Waals surface area (Å²) in [5.41, 5.74) is 0. The van der Waals surface area contributed by atoms with Crippen LogP contribution in [0.25, 0.3) is 0 Å². The van der Waals surface area contributed by atoms with E-state index in [-0.39, 0.29) is 0 Å². The van der Waals surface area contributed by atoms with E-state index in [1.165, 1.54) is 0 Å². The molecule has 1 rings (SSSR count). The van der Waals surface area contributed by atoms with Gasteiger partial charge in [-0.25, -0.2) is 9.38 Å². The van der Waals surface area contributed by atoms with Crippen molar-refractivity contribution in [1.82, 2.24) is 5.32 Å². The van der Waals surface area contributed by atoms with Gasteiger partial charge in [0.05, 0.1) is 6.34 Å². The summed E-state index contributed by atoms with van der Waals surface area (Å²) < 4.78 is 12.1. The molecule has 0 saturated carbocycles. The Bertz CT molecular complexity index is 175. The first-order chi connectivity index (χ1) is 4.13. The molecule has 0 unspecified atom stereocenters. The molecule has 0 spiro atoms. The second-order valence-corrected chi connectivity index (χ2v) is 1.55. The van der Waals surface area contributed by atoms with E-state index >= 15 is 0 Å². The molecule has 50 valence electrons. The average molecular weight is 132 g/mol. The maximum Gasteiger partial charge on any atom is 0.323 e. The van der Waals surface area contributed by atoms with Crippen molar-refractivity contribution < 1.29 is 14.6 Å². The Kier molecular flexibility index (Phi) is 1.22. The van der Waals surface area contributed by atoms with Gasteiger partial charge in [-0.05, 0) is 0 Å². The Morgan fingerprint density at radius 2 is 2.33 bits per heavy atom. The Labute approximate surface area is 50.3 Å². The fourth-order valence-corrected chi connectivity index (χ4v) is 0.396. The van der Waals surface area contributed by atoms with Crippen LogP contribution in [0.1, 0.15) is 0 Å². The topological polar surface area (TPSA) is 64.8 Å². The Morgan fingerprint density at radius 1 is 1.67 bits per heavy atom. The second kappa shape index (κ2) is 1.78. The van der Waals surface area contributed by atoms with Gasteiger partial charge in [-0.1, -0.05) is 0 Å². The fraction of sp³-hybridized carbons (Fsp3) is 0.250. The van der Waals surface area contributed by atoms with Crippen LogP contribution >= 0.6 is 0 Å². The third kappa shape index (κ3) is 1.06. The number of aliphatic imine (C=N–C) groups is 1. The Hall–Kier alpha value is -0.940. The van der Waals surface area contributed by atoms with Crippen LogP contribution in [-0.4, -0.2) is 22.5 Å². The number of rotatable bonds is 0. The predicted octanol–water partition coefficient (Wildman–Crippen LogP) is -0.933. The highest BCUT2D eigenvalue weighted by Crippen LogP contribution is 2.16. The minimum absolute atomic E-state index is 0.812. The van der Waals surface area contributed by atoms with Gasteiger partial charge in [0.25, 0.3) is 0 Å². The van der Waals surface area contributed by atoms with E-state index in [9.17, 15) is 4.39 Å². The minimum Gasteiger partial charge on any atom is -0.350 e. The van der Waals surface area contributed by atoms with E-state index in [2.05, 4.69) is 10.3 Å². The standard InChI is InChI=1S/C4H5FN2O2/c5-3-1-6-2-7-4(3,8)9/h1-2,8-9H,(H,6,7). The molecule has 0 aliphatic carbocycles. The predicted molar refractivity (Wildman–Crippen MR) is 28.0 cm³/mol. The molecule has 0 saturated heterocycles. The van der Waals surface area contributed by atoms with Gasteiger partial charge in [0.15, 0.2) is 5.83 Å². The van der Waals surface area contributed by atoms with Gasteiger partial charge in [0, 0.05) is 6.20 Å². The normalized spacial score (nSPS) is 22.8. The van der Waals surface area contributed by atoms with Gasteiger partial charge in [0.1, 0.15) is 0 Å². The molecule has 0 aromatic heterocycles. The van der Waals surface area contributed by atoms with Gasteiger partial charge in [-0.15, -0.1) is 0 Å².